The van der Waals surface area contributed by atoms with Gasteiger partial charge in [-0.15, -0.1) is 0 Å². The molecule has 0 fully saturated rings. The van der Waals surface area contributed by atoms with E-state index >= 15 is 0 Å². The summed E-state index contributed by atoms with van der Waals surface area (Å²) in [6.07, 6.45) is -0.153. The van der Waals surface area contributed by atoms with Crippen LogP contribution >= 0.6 is 0 Å². The molecule has 3 rings (SSSR count). The summed E-state index contributed by atoms with van der Waals surface area (Å²) in [4.78, 5) is 18.4. The first-order valence-electron chi connectivity index (χ1n) is 6.32. The monoisotopic (exact) mass is 270 g/mol. The number of benzene rings is 1. The van der Waals surface area contributed by atoms with Gasteiger partial charge < -0.3 is 14.5 Å². The number of nitrogens with zero attached hydrogens (tertiary/aromatic N) is 1. The molecule has 0 radical (unpaired) electrons. The number of hydrogen-bond donors (Lipinski definition) is 2. The van der Waals surface area contributed by atoms with Crippen LogP contribution in [-0.2, 0) is 11.2 Å². The lowest BCUT2D eigenvalue weighted by Gasteiger charge is -1.95. The first kappa shape index (κ1) is 12.5. The van der Waals surface area contributed by atoms with Gasteiger partial charge in [-0.2, -0.15) is 0 Å². The molecule has 2 heterocycles. The lowest BCUT2D eigenvalue weighted by molar-refractivity contribution is -0.136. The summed E-state index contributed by atoms with van der Waals surface area (Å²) < 4.78 is 5.65. The maximum atomic E-state index is 10.8. The van der Waals surface area contributed by atoms with Crippen molar-refractivity contribution >= 4 is 16.9 Å². The Morgan fingerprint density at radius 1 is 1.35 bits per heavy atom. The lowest BCUT2D eigenvalue weighted by Crippen LogP contribution is -1.99. The van der Waals surface area contributed by atoms with Crippen molar-refractivity contribution in [3.63, 3.8) is 0 Å². The van der Waals surface area contributed by atoms with E-state index in [9.17, 15) is 4.79 Å². The SMILES string of the molecule is Cc1nc(-c2c(C)[nH]c3ccccc23)oc1CC(=O)O. The Morgan fingerprint density at radius 2 is 2.10 bits per heavy atom. The van der Waals surface area contributed by atoms with Crippen LogP contribution in [0, 0.1) is 13.8 Å². The minimum absolute atomic E-state index is 0.153. The number of fused-ring (bicyclic) bond motifs is 1. The van der Waals surface area contributed by atoms with Gasteiger partial charge in [-0.1, -0.05) is 18.2 Å². The van der Waals surface area contributed by atoms with E-state index in [1.165, 1.54) is 0 Å². The summed E-state index contributed by atoms with van der Waals surface area (Å²) in [6.45, 7) is 3.71. The molecular formula is C15H14N2O3. The maximum Gasteiger partial charge on any atom is 0.311 e. The number of aliphatic carboxylic acids is 1. The standard InChI is InChI=1S/C15H14N2O3/c1-8-12(7-13(18)19)20-15(17-8)14-9(2)16-11-6-4-3-5-10(11)14/h3-6,16H,7H2,1-2H3,(H,18,19). The summed E-state index contributed by atoms with van der Waals surface area (Å²) in [5.74, 6) is -0.0580. The first-order chi connectivity index (χ1) is 9.56. The normalized spacial score (nSPS) is 11.1. The number of rotatable bonds is 3. The lowest BCUT2D eigenvalue weighted by atomic mass is 10.1. The number of para-hydroxylation sites is 1. The van der Waals surface area contributed by atoms with Crippen molar-refractivity contribution in [2.75, 3.05) is 0 Å². The third-order valence-corrected chi connectivity index (χ3v) is 3.31. The van der Waals surface area contributed by atoms with Gasteiger partial charge in [-0.3, -0.25) is 4.79 Å². The number of aryl methyl sites for hydroxylation is 2. The van der Waals surface area contributed by atoms with E-state index in [1.807, 2.05) is 31.2 Å². The predicted molar refractivity (Wildman–Crippen MR) is 74.6 cm³/mol. The van der Waals surface area contributed by atoms with Crippen molar-refractivity contribution in [1.29, 1.82) is 0 Å². The van der Waals surface area contributed by atoms with E-state index in [-0.39, 0.29) is 6.42 Å². The summed E-state index contributed by atoms with van der Waals surface area (Å²) >= 11 is 0. The zero-order chi connectivity index (χ0) is 14.3. The number of nitrogens with one attached hydrogen (secondary N) is 1. The third-order valence-electron chi connectivity index (χ3n) is 3.31. The van der Waals surface area contributed by atoms with E-state index in [0.717, 1.165) is 22.2 Å². The van der Waals surface area contributed by atoms with Crippen molar-refractivity contribution in [3.05, 3.63) is 41.4 Å². The van der Waals surface area contributed by atoms with Crippen molar-refractivity contribution in [2.45, 2.75) is 20.3 Å². The third kappa shape index (κ3) is 1.97. The van der Waals surface area contributed by atoms with Gasteiger partial charge in [0.1, 0.15) is 12.2 Å². The summed E-state index contributed by atoms with van der Waals surface area (Å²) in [5.41, 5.74) is 3.47. The van der Waals surface area contributed by atoms with Crippen LogP contribution in [-0.4, -0.2) is 21.0 Å². The molecule has 0 bridgehead atoms. The average Bonchev–Trinajstić information content (AvgIpc) is 2.88. The molecule has 0 saturated heterocycles. The highest BCUT2D eigenvalue weighted by Crippen LogP contribution is 2.32. The molecule has 0 unspecified atom stereocenters. The quantitative estimate of drug-likeness (QED) is 0.766. The molecule has 5 nitrogen and oxygen atoms in total. The van der Waals surface area contributed by atoms with Gasteiger partial charge in [0.05, 0.1) is 11.3 Å². The molecule has 0 aliphatic carbocycles. The second kappa shape index (κ2) is 4.52. The van der Waals surface area contributed by atoms with Crippen molar-refractivity contribution in [1.82, 2.24) is 9.97 Å². The average molecular weight is 270 g/mol. The Bertz CT molecular complexity index is 799. The van der Waals surface area contributed by atoms with Crippen LogP contribution in [0.4, 0.5) is 0 Å². The van der Waals surface area contributed by atoms with Crippen LogP contribution < -0.4 is 0 Å². The number of carbonyl (C=O) groups is 1. The number of hydrogen-bond acceptors (Lipinski definition) is 3. The fourth-order valence-electron chi connectivity index (χ4n) is 2.39. The number of oxazole rings is 1. The van der Waals surface area contributed by atoms with Gasteiger partial charge >= 0.3 is 5.97 Å². The van der Waals surface area contributed by atoms with Crippen LogP contribution in [0.1, 0.15) is 17.1 Å². The first-order valence-corrected chi connectivity index (χ1v) is 6.32. The van der Waals surface area contributed by atoms with E-state index in [1.54, 1.807) is 6.92 Å². The van der Waals surface area contributed by atoms with E-state index in [2.05, 4.69) is 9.97 Å². The minimum atomic E-state index is -0.925. The van der Waals surface area contributed by atoms with Crippen LogP contribution in [0.5, 0.6) is 0 Å². The van der Waals surface area contributed by atoms with Gasteiger partial charge in [0.25, 0.3) is 0 Å². The molecule has 0 saturated carbocycles. The van der Waals surface area contributed by atoms with Crippen molar-refractivity contribution in [3.8, 4) is 11.5 Å². The Kier molecular flexibility index (Phi) is 2.82. The highest BCUT2D eigenvalue weighted by atomic mass is 16.4. The zero-order valence-corrected chi connectivity index (χ0v) is 11.2. The number of carboxylic acids is 1. The summed E-state index contributed by atoms with van der Waals surface area (Å²) in [7, 11) is 0. The van der Waals surface area contributed by atoms with Crippen molar-refractivity contribution < 1.29 is 14.3 Å². The fraction of sp³-hybridized carbons (Fsp3) is 0.200. The van der Waals surface area contributed by atoms with Gasteiger partial charge in [0.2, 0.25) is 5.89 Å². The van der Waals surface area contributed by atoms with E-state index in [4.69, 9.17) is 9.52 Å². The molecule has 3 aromatic rings. The number of H-pyrrole nitrogens is 1. The number of carboxylic acid groups (broad SMARTS) is 1. The highest BCUT2D eigenvalue weighted by molar-refractivity contribution is 5.95. The smallest absolute Gasteiger partial charge is 0.311 e. The van der Waals surface area contributed by atoms with Gasteiger partial charge in [-0.25, -0.2) is 4.98 Å². The van der Waals surface area contributed by atoms with Crippen LogP contribution in [0.25, 0.3) is 22.4 Å². The Morgan fingerprint density at radius 3 is 2.85 bits per heavy atom. The molecular weight excluding hydrogens is 256 g/mol. The topological polar surface area (TPSA) is 79.1 Å². The fourth-order valence-corrected chi connectivity index (χ4v) is 2.39. The molecule has 0 amide bonds. The molecule has 5 heteroatoms. The Balaban J connectivity index is 2.16. The number of aromatic nitrogens is 2. The van der Waals surface area contributed by atoms with Crippen LogP contribution in [0.2, 0.25) is 0 Å². The molecule has 0 aliphatic heterocycles. The molecule has 1 aromatic carbocycles. The molecule has 0 spiro atoms. The Labute approximate surface area is 115 Å². The second-order valence-electron chi connectivity index (χ2n) is 4.77. The zero-order valence-electron chi connectivity index (χ0n) is 11.2. The number of aromatic amines is 1. The maximum absolute atomic E-state index is 10.8. The second-order valence-corrected chi connectivity index (χ2v) is 4.77. The highest BCUT2D eigenvalue weighted by Gasteiger charge is 2.18. The predicted octanol–water partition coefficient (Wildman–Crippen LogP) is 3.07. The van der Waals surface area contributed by atoms with E-state index in [0.29, 0.717) is 17.3 Å². The molecule has 2 N–H and O–H groups in total. The Hall–Kier alpha value is -2.56. The van der Waals surface area contributed by atoms with Crippen LogP contribution in [0.15, 0.2) is 28.7 Å². The van der Waals surface area contributed by atoms with Gasteiger partial charge in [0.15, 0.2) is 0 Å². The summed E-state index contributed by atoms with van der Waals surface area (Å²) in [5, 5.41) is 9.88. The molecule has 102 valence electrons. The van der Waals surface area contributed by atoms with E-state index < -0.39 is 5.97 Å². The van der Waals surface area contributed by atoms with Crippen molar-refractivity contribution in [2.24, 2.45) is 0 Å². The largest absolute Gasteiger partial charge is 0.481 e. The van der Waals surface area contributed by atoms with Gasteiger partial charge in [0, 0.05) is 16.6 Å². The van der Waals surface area contributed by atoms with Crippen LogP contribution in [0.3, 0.4) is 0 Å². The molecule has 20 heavy (non-hydrogen) atoms. The molecule has 0 atom stereocenters. The summed E-state index contributed by atoms with van der Waals surface area (Å²) in [6, 6.07) is 7.89. The van der Waals surface area contributed by atoms with Gasteiger partial charge in [-0.05, 0) is 19.9 Å². The molecule has 0 aliphatic rings. The minimum Gasteiger partial charge on any atom is -0.481 e. The molecule has 2 aromatic heterocycles.